The molecule has 0 aromatic heterocycles. The van der Waals surface area contributed by atoms with E-state index in [0.717, 1.165) is 136 Å². The van der Waals surface area contributed by atoms with Crippen LogP contribution in [-0.4, -0.2) is 112 Å². The maximum absolute atomic E-state index is 12.5. The molecular weight excluding hydrogens is 872 g/mol. The van der Waals surface area contributed by atoms with E-state index in [1.807, 2.05) is 0 Å². The Labute approximate surface area is 384 Å². The molecule has 0 radical (unpaired) electrons. The first kappa shape index (κ1) is 69.8. The highest BCUT2D eigenvalue weighted by atomic mass is 35.5. The quantitative estimate of drug-likeness (QED) is 0.0334. The predicted octanol–water partition coefficient (Wildman–Crippen LogP) is 7.98. The average Bonchev–Trinajstić information content (AvgIpc) is 3.12. The summed E-state index contributed by atoms with van der Waals surface area (Å²) in [7, 11) is -6.49. The summed E-state index contributed by atoms with van der Waals surface area (Å²) >= 11 is 0. The fraction of sp³-hybridized carbons (Fsp3) is 1.00. The Bertz CT molecular complexity index is 909. The number of halogens is 5. The van der Waals surface area contributed by atoms with Crippen LogP contribution in [0.2, 0.25) is 0 Å². The number of nitrogens with one attached hydrogen (secondary N) is 5. The molecule has 0 aliphatic rings. The van der Waals surface area contributed by atoms with Crippen molar-refractivity contribution >= 4 is 82.1 Å². The third-order valence-corrected chi connectivity index (χ3v) is 12.5. The van der Waals surface area contributed by atoms with Crippen LogP contribution in [-0.2, 0) is 20.0 Å². The maximum Gasteiger partial charge on any atom is 0.211 e. The zero-order valence-electron chi connectivity index (χ0n) is 36.2. The van der Waals surface area contributed by atoms with Gasteiger partial charge in [-0.2, -0.15) is 0 Å². The number of hydrogen-bond donors (Lipinski definition) is 6. The summed E-state index contributed by atoms with van der Waals surface area (Å²) in [6.45, 7) is 14.6. The molecule has 0 aromatic rings. The zero-order chi connectivity index (χ0) is 38.3. The van der Waals surface area contributed by atoms with Gasteiger partial charge in [0.25, 0.3) is 0 Å². The van der Waals surface area contributed by atoms with Crippen molar-refractivity contribution < 1.29 is 16.8 Å². The lowest BCUT2D eigenvalue weighted by Gasteiger charge is -2.22. The van der Waals surface area contributed by atoms with Gasteiger partial charge in [-0.3, -0.25) is 0 Å². The molecule has 0 atom stereocenters. The molecule has 18 heteroatoms. The molecule has 0 heterocycles. The summed E-state index contributed by atoms with van der Waals surface area (Å²) in [5, 5.41) is 10.5. The first-order valence-electron chi connectivity index (χ1n) is 21.8. The number of unbranched alkanes of at least 4 members (excludes halogenated alkanes) is 15. The average molecular weight is 965 g/mol. The van der Waals surface area contributed by atoms with E-state index in [9.17, 15) is 16.8 Å². The van der Waals surface area contributed by atoms with Gasteiger partial charge in [-0.05, 0) is 123 Å². The van der Waals surface area contributed by atoms with Gasteiger partial charge < -0.3 is 26.6 Å². The van der Waals surface area contributed by atoms with Crippen LogP contribution < -0.4 is 31.1 Å². The Morgan fingerprint density at radius 2 is 0.667 bits per heavy atom. The molecule has 0 aliphatic heterocycles. The Morgan fingerprint density at radius 1 is 0.368 bits per heavy atom. The third kappa shape index (κ3) is 55.1. The first-order chi connectivity index (χ1) is 25.3. The molecule has 0 fully saturated rings. The predicted molar refractivity (Wildman–Crippen MR) is 261 cm³/mol. The van der Waals surface area contributed by atoms with Gasteiger partial charge >= 0.3 is 0 Å². The minimum atomic E-state index is -3.25. The van der Waals surface area contributed by atoms with Gasteiger partial charge in [-0.25, -0.2) is 26.3 Å². The molecule has 0 amide bonds. The van der Waals surface area contributed by atoms with Crippen LogP contribution in [0.15, 0.2) is 0 Å². The maximum atomic E-state index is 12.5. The van der Waals surface area contributed by atoms with Crippen molar-refractivity contribution in [2.45, 2.75) is 162 Å². The molecule has 0 saturated carbocycles. The van der Waals surface area contributed by atoms with E-state index < -0.39 is 20.0 Å². The van der Waals surface area contributed by atoms with Crippen LogP contribution in [0.1, 0.15) is 162 Å². The second-order valence-corrected chi connectivity index (χ2v) is 18.6. The third-order valence-electron chi connectivity index (χ3n) is 9.53. The molecule has 11 nitrogen and oxygen atoms in total. The monoisotopic (exact) mass is 962 g/mol. The molecule has 0 saturated heterocycles. The summed E-state index contributed by atoms with van der Waals surface area (Å²) < 4.78 is 55.8. The lowest BCUT2D eigenvalue weighted by atomic mass is 10.1. The van der Waals surface area contributed by atoms with Crippen LogP contribution in [0.4, 0.5) is 0 Å². The van der Waals surface area contributed by atoms with E-state index in [0.29, 0.717) is 13.1 Å². The topological polar surface area (TPSA) is 158 Å². The van der Waals surface area contributed by atoms with Gasteiger partial charge in [0.2, 0.25) is 20.0 Å². The first-order valence-corrected chi connectivity index (χ1v) is 25.1. The highest BCUT2D eigenvalue weighted by molar-refractivity contribution is 7.89. The SMILES string of the molecule is CCCCCCCCCCS(=O)(=O)NCCCN(CCCNCCCNCCCCNCCCN)CCCNS(=O)(=O)CCCCCCCCCC.Cl.Cl.Cl.Cl.Cl. The van der Waals surface area contributed by atoms with E-state index in [1.54, 1.807) is 0 Å². The standard InChI is InChI=1S/C39H87N7O4S2.5ClH/c1-3-5-7-9-11-13-15-19-38-51(47,48)44-33-24-36-46(35-23-32-43-31-22-30-42-28-18-17-27-41-29-21-26-40)37-25-34-45-52(49,50)39-20-16-14-12-10-8-6-4-2;;;;;/h41-45H,3-40H2,1-2H3;5*1H. The fourth-order valence-corrected chi connectivity index (χ4v) is 8.63. The smallest absolute Gasteiger partial charge is 0.211 e. The highest BCUT2D eigenvalue weighted by Crippen LogP contribution is 2.10. The van der Waals surface area contributed by atoms with Gasteiger partial charge in [0.1, 0.15) is 0 Å². The molecule has 0 aromatic carbocycles. The van der Waals surface area contributed by atoms with Crippen LogP contribution in [0.3, 0.4) is 0 Å². The summed E-state index contributed by atoms with van der Waals surface area (Å²) in [5.41, 5.74) is 5.52. The molecule has 0 spiro atoms. The summed E-state index contributed by atoms with van der Waals surface area (Å²) in [4.78, 5) is 2.35. The molecule has 7 N–H and O–H groups in total. The normalized spacial score (nSPS) is 11.3. The van der Waals surface area contributed by atoms with E-state index in [2.05, 4.69) is 44.1 Å². The van der Waals surface area contributed by atoms with E-state index >= 15 is 0 Å². The van der Waals surface area contributed by atoms with Crippen molar-refractivity contribution in [1.82, 2.24) is 30.3 Å². The van der Waals surface area contributed by atoms with Crippen LogP contribution >= 0.6 is 62.0 Å². The zero-order valence-corrected chi connectivity index (χ0v) is 41.9. The van der Waals surface area contributed by atoms with Crippen molar-refractivity contribution in [2.24, 2.45) is 5.73 Å². The van der Waals surface area contributed by atoms with Gasteiger partial charge in [0, 0.05) is 13.1 Å². The van der Waals surface area contributed by atoms with E-state index in [1.165, 1.54) is 77.0 Å². The second kappa shape index (κ2) is 53.2. The minimum Gasteiger partial charge on any atom is -0.330 e. The van der Waals surface area contributed by atoms with Crippen molar-refractivity contribution in [2.75, 3.05) is 90.0 Å². The number of sulfonamides is 2. The molecule has 354 valence electrons. The summed E-state index contributed by atoms with van der Waals surface area (Å²) in [6, 6.07) is 0. The van der Waals surface area contributed by atoms with Gasteiger partial charge in [-0.1, -0.05) is 104 Å². The van der Waals surface area contributed by atoms with Crippen molar-refractivity contribution in [3.05, 3.63) is 0 Å². The molecular formula is C39H92Cl5N7O4S2. The Balaban J connectivity index is -0.00000130. The summed E-state index contributed by atoms with van der Waals surface area (Å²) in [5.74, 6) is 0.415. The molecule has 0 unspecified atom stereocenters. The number of rotatable bonds is 44. The Morgan fingerprint density at radius 3 is 1.04 bits per heavy atom. The Hall–Kier alpha value is 1.07. The van der Waals surface area contributed by atoms with Gasteiger partial charge in [0.05, 0.1) is 11.5 Å². The van der Waals surface area contributed by atoms with Crippen LogP contribution in [0.5, 0.6) is 0 Å². The van der Waals surface area contributed by atoms with Crippen LogP contribution in [0.25, 0.3) is 0 Å². The summed E-state index contributed by atoms with van der Waals surface area (Å²) in [6.07, 6.45) is 25.1. The van der Waals surface area contributed by atoms with Gasteiger partial charge in [-0.15, -0.1) is 62.0 Å². The van der Waals surface area contributed by atoms with Gasteiger partial charge in [0.15, 0.2) is 0 Å². The molecule has 0 aliphatic carbocycles. The van der Waals surface area contributed by atoms with Crippen molar-refractivity contribution in [1.29, 1.82) is 0 Å². The number of nitrogens with zero attached hydrogens (tertiary/aromatic N) is 1. The fourth-order valence-electron chi connectivity index (χ4n) is 6.26. The molecule has 0 rings (SSSR count). The second-order valence-electron chi connectivity index (χ2n) is 14.7. The minimum absolute atomic E-state index is 0. The highest BCUT2D eigenvalue weighted by Gasteiger charge is 2.12. The van der Waals surface area contributed by atoms with Crippen molar-refractivity contribution in [3.63, 3.8) is 0 Å². The Kier molecular flexibility index (Phi) is 65.1. The lowest BCUT2D eigenvalue weighted by molar-refractivity contribution is 0.263. The number of nitrogens with two attached hydrogens (primary N) is 1. The molecule has 57 heavy (non-hydrogen) atoms. The largest absolute Gasteiger partial charge is 0.330 e. The van der Waals surface area contributed by atoms with Crippen molar-refractivity contribution in [3.8, 4) is 0 Å². The number of hydrogen-bond acceptors (Lipinski definition) is 9. The van der Waals surface area contributed by atoms with E-state index in [-0.39, 0.29) is 73.5 Å². The molecule has 0 bridgehead atoms. The van der Waals surface area contributed by atoms with E-state index in [4.69, 9.17) is 5.73 Å². The lowest BCUT2D eigenvalue weighted by Crippen LogP contribution is -2.35. The van der Waals surface area contributed by atoms with Crippen LogP contribution in [0, 0.1) is 0 Å².